The van der Waals surface area contributed by atoms with E-state index < -0.39 is 5.97 Å². The van der Waals surface area contributed by atoms with E-state index in [1.54, 1.807) is 6.33 Å². The Morgan fingerprint density at radius 2 is 1.97 bits per heavy atom. The van der Waals surface area contributed by atoms with Gasteiger partial charge in [-0.1, -0.05) is 36.4 Å². The lowest BCUT2D eigenvalue weighted by molar-refractivity contribution is -0.137. The second-order valence-corrected chi connectivity index (χ2v) is 7.31. The third-order valence-corrected chi connectivity index (χ3v) is 5.30. The first-order valence-electron chi connectivity index (χ1n) is 9.85. The number of carbonyl (C=O) groups is 2. The van der Waals surface area contributed by atoms with Gasteiger partial charge in [-0.25, -0.2) is 4.98 Å². The molecule has 0 fully saturated rings. The molecule has 6 heteroatoms. The van der Waals surface area contributed by atoms with E-state index in [4.69, 9.17) is 0 Å². The monoisotopic (exact) mass is 389 g/mol. The summed E-state index contributed by atoms with van der Waals surface area (Å²) in [5.74, 6) is -0.929. The van der Waals surface area contributed by atoms with Crippen molar-refractivity contribution in [1.82, 2.24) is 9.55 Å². The Balaban J connectivity index is 1.62. The highest BCUT2D eigenvalue weighted by Gasteiger charge is 2.20. The summed E-state index contributed by atoms with van der Waals surface area (Å²) in [7, 11) is 0. The van der Waals surface area contributed by atoms with Gasteiger partial charge >= 0.3 is 5.97 Å². The van der Waals surface area contributed by atoms with Crippen LogP contribution in [-0.4, -0.2) is 26.5 Å². The van der Waals surface area contributed by atoms with Crippen LogP contribution in [0.4, 0.5) is 5.69 Å². The molecule has 1 aliphatic carbocycles. The quantitative estimate of drug-likeness (QED) is 0.648. The average molecular weight is 389 g/mol. The third-order valence-electron chi connectivity index (χ3n) is 5.30. The molecule has 0 saturated carbocycles. The molecule has 0 bridgehead atoms. The van der Waals surface area contributed by atoms with E-state index in [-0.39, 0.29) is 18.4 Å². The van der Waals surface area contributed by atoms with Gasteiger partial charge in [0, 0.05) is 11.3 Å². The van der Waals surface area contributed by atoms with Crippen LogP contribution in [0, 0.1) is 0 Å². The molecule has 1 heterocycles. The van der Waals surface area contributed by atoms with Crippen molar-refractivity contribution < 1.29 is 14.7 Å². The summed E-state index contributed by atoms with van der Waals surface area (Å²) in [5.41, 5.74) is 3.98. The number of carboxylic acid groups (broad SMARTS) is 1. The number of amides is 1. The van der Waals surface area contributed by atoms with E-state index in [1.807, 2.05) is 59.2 Å². The van der Waals surface area contributed by atoms with Crippen molar-refractivity contribution in [3.8, 4) is 0 Å². The minimum absolute atomic E-state index is 0.0396. The van der Waals surface area contributed by atoms with Crippen LogP contribution in [0.5, 0.6) is 0 Å². The Kier molecular flexibility index (Phi) is 5.42. The molecule has 1 aromatic heterocycles. The molecule has 1 atom stereocenters. The molecule has 0 spiro atoms. The molecule has 0 aliphatic heterocycles. The van der Waals surface area contributed by atoms with Crippen LogP contribution < -0.4 is 5.32 Å². The van der Waals surface area contributed by atoms with E-state index in [0.29, 0.717) is 11.2 Å². The van der Waals surface area contributed by atoms with Crippen molar-refractivity contribution in [2.24, 2.45) is 0 Å². The van der Waals surface area contributed by atoms with Crippen LogP contribution >= 0.6 is 0 Å². The molecule has 148 valence electrons. The summed E-state index contributed by atoms with van der Waals surface area (Å²) < 4.78 is 1.88. The smallest absolute Gasteiger partial charge is 0.305 e. The highest BCUT2D eigenvalue weighted by atomic mass is 16.4. The lowest BCUT2D eigenvalue weighted by Gasteiger charge is -2.18. The van der Waals surface area contributed by atoms with Crippen molar-refractivity contribution in [3.05, 3.63) is 72.1 Å². The fourth-order valence-electron chi connectivity index (χ4n) is 3.83. The number of hydrogen-bond acceptors (Lipinski definition) is 3. The van der Waals surface area contributed by atoms with Crippen LogP contribution in [0.25, 0.3) is 11.0 Å². The fraction of sp³-hybridized carbons (Fsp3) is 0.261. The molecule has 2 N–H and O–H groups in total. The van der Waals surface area contributed by atoms with Gasteiger partial charge in [-0.2, -0.15) is 0 Å². The van der Waals surface area contributed by atoms with E-state index in [2.05, 4.69) is 10.3 Å². The number of aromatic nitrogens is 2. The van der Waals surface area contributed by atoms with Gasteiger partial charge in [0.1, 0.15) is 0 Å². The SMILES string of the molecule is O=C(O)CC(c1ccccc1)n1cnc2cc(NC(=O)C3=CCCCC3)ccc21. The summed E-state index contributed by atoms with van der Waals surface area (Å²) >= 11 is 0. The number of allylic oxidation sites excluding steroid dienone is 1. The number of aliphatic carboxylic acids is 1. The normalized spacial score (nSPS) is 15.0. The van der Waals surface area contributed by atoms with Gasteiger partial charge in [-0.3, -0.25) is 9.59 Å². The Morgan fingerprint density at radius 3 is 2.69 bits per heavy atom. The second kappa shape index (κ2) is 8.31. The van der Waals surface area contributed by atoms with Gasteiger partial charge in [0.25, 0.3) is 5.91 Å². The average Bonchev–Trinajstić information content (AvgIpc) is 3.16. The molecule has 6 nitrogen and oxygen atoms in total. The van der Waals surface area contributed by atoms with Crippen LogP contribution in [0.3, 0.4) is 0 Å². The van der Waals surface area contributed by atoms with Crippen LogP contribution in [0.2, 0.25) is 0 Å². The number of imidazole rings is 1. The topological polar surface area (TPSA) is 84.2 Å². The summed E-state index contributed by atoms with van der Waals surface area (Å²) in [5, 5.41) is 12.4. The summed E-state index contributed by atoms with van der Waals surface area (Å²) in [6.07, 6.45) is 7.60. The molecule has 29 heavy (non-hydrogen) atoms. The number of hydrogen-bond donors (Lipinski definition) is 2. The lowest BCUT2D eigenvalue weighted by atomic mass is 9.99. The molecule has 1 unspecified atom stereocenters. The first-order valence-corrected chi connectivity index (χ1v) is 9.85. The van der Waals surface area contributed by atoms with Gasteiger partial charge in [-0.15, -0.1) is 0 Å². The first-order chi connectivity index (χ1) is 14.1. The zero-order valence-electron chi connectivity index (χ0n) is 16.0. The number of carbonyl (C=O) groups excluding carboxylic acids is 1. The van der Waals surface area contributed by atoms with E-state index >= 15 is 0 Å². The third kappa shape index (κ3) is 4.21. The highest BCUT2D eigenvalue weighted by Crippen LogP contribution is 2.28. The van der Waals surface area contributed by atoms with Crippen LogP contribution in [0.1, 0.15) is 43.7 Å². The van der Waals surface area contributed by atoms with E-state index in [9.17, 15) is 14.7 Å². The van der Waals surface area contributed by atoms with Crippen molar-refractivity contribution in [2.45, 2.75) is 38.1 Å². The van der Waals surface area contributed by atoms with Crippen molar-refractivity contribution >= 4 is 28.6 Å². The Morgan fingerprint density at radius 1 is 1.14 bits per heavy atom. The first kappa shape index (κ1) is 18.9. The maximum atomic E-state index is 12.5. The summed E-state index contributed by atoms with van der Waals surface area (Å²) in [4.78, 5) is 28.4. The molecule has 0 saturated heterocycles. The largest absolute Gasteiger partial charge is 0.481 e. The molecule has 3 aromatic rings. The van der Waals surface area contributed by atoms with Gasteiger partial charge in [-0.05, 0) is 49.4 Å². The number of nitrogens with one attached hydrogen (secondary N) is 1. The predicted molar refractivity (Wildman–Crippen MR) is 112 cm³/mol. The van der Waals surface area contributed by atoms with Crippen LogP contribution in [-0.2, 0) is 9.59 Å². The second-order valence-electron chi connectivity index (χ2n) is 7.31. The number of fused-ring (bicyclic) bond motifs is 1. The van der Waals surface area contributed by atoms with Gasteiger partial charge in [0.2, 0.25) is 0 Å². The Labute approximate surface area is 168 Å². The van der Waals surface area contributed by atoms with Crippen molar-refractivity contribution in [3.63, 3.8) is 0 Å². The zero-order valence-corrected chi connectivity index (χ0v) is 16.0. The number of nitrogens with zero attached hydrogens (tertiary/aromatic N) is 2. The molecular weight excluding hydrogens is 366 g/mol. The Hall–Kier alpha value is -3.41. The van der Waals surface area contributed by atoms with Crippen molar-refractivity contribution in [1.29, 1.82) is 0 Å². The highest BCUT2D eigenvalue weighted by molar-refractivity contribution is 6.04. The maximum Gasteiger partial charge on any atom is 0.305 e. The summed E-state index contributed by atoms with van der Waals surface area (Å²) in [6, 6.07) is 14.7. The van der Waals surface area contributed by atoms with Gasteiger partial charge in [0.05, 0.1) is 29.8 Å². The minimum atomic E-state index is -0.870. The summed E-state index contributed by atoms with van der Waals surface area (Å²) in [6.45, 7) is 0. The van der Waals surface area contributed by atoms with Crippen molar-refractivity contribution in [2.75, 3.05) is 5.32 Å². The minimum Gasteiger partial charge on any atom is -0.481 e. The Bertz CT molecular complexity index is 1070. The van der Waals surface area contributed by atoms with Gasteiger partial charge < -0.3 is 15.0 Å². The standard InChI is InChI=1S/C23H23N3O3/c27-22(28)14-21(16-7-3-1-4-8-16)26-15-24-19-13-18(11-12-20(19)26)25-23(29)17-9-5-2-6-10-17/h1,3-4,7-9,11-13,15,21H,2,5-6,10,14H2,(H,25,29)(H,27,28). The molecule has 0 radical (unpaired) electrons. The number of benzene rings is 2. The number of anilines is 1. The number of carboxylic acids is 1. The molecular formula is C23H23N3O3. The zero-order chi connectivity index (χ0) is 20.2. The molecule has 1 amide bonds. The molecule has 1 aliphatic rings. The predicted octanol–water partition coefficient (Wildman–Crippen LogP) is 4.54. The fourth-order valence-corrected chi connectivity index (χ4v) is 3.83. The van der Waals surface area contributed by atoms with Gasteiger partial charge in [0.15, 0.2) is 0 Å². The molecule has 2 aromatic carbocycles. The molecule has 4 rings (SSSR count). The van der Waals surface area contributed by atoms with E-state index in [0.717, 1.165) is 42.3 Å². The number of rotatable bonds is 6. The maximum absolute atomic E-state index is 12.5. The van der Waals surface area contributed by atoms with Crippen LogP contribution in [0.15, 0.2) is 66.5 Å². The van der Waals surface area contributed by atoms with E-state index in [1.165, 1.54) is 0 Å². The lowest BCUT2D eigenvalue weighted by Crippen LogP contribution is -2.16.